The molecule has 0 amide bonds. The fourth-order valence-corrected chi connectivity index (χ4v) is 5.11. The summed E-state index contributed by atoms with van der Waals surface area (Å²) in [5.74, 6) is 0.117. The summed E-state index contributed by atoms with van der Waals surface area (Å²) >= 11 is 0. The predicted octanol–water partition coefficient (Wildman–Crippen LogP) is -0.861. The zero-order valence-electron chi connectivity index (χ0n) is 13.7. The molecule has 0 unspecified atom stereocenters. The lowest BCUT2D eigenvalue weighted by Crippen LogP contribution is -2.66. The standard InChI is InChI=1S/C13H22N4O5S2/c1-16-6-12(14-10-16)24(20,21)17-8-13(9-17)4-3-11(7-22-13)5-15-23(2,18)19/h6,10-11,15H,3-5,7-9H2,1-2H3/t11-/m1/s1. The summed E-state index contributed by atoms with van der Waals surface area (Å²) in [7, 11) is -5.05. The highest BCUT2D eigenvalue weighted by Crippen LogP contribution is 2.38. The predicted molar refractivity (Wildman–Crippen MR) is 86.2 cm³/mol. The average Bonchev–Trinajstić information content (AvgIpc) is 2.90. The Morgan fingerprint density at radius 2 is 2.08 bits per heavy atom. The van der Waals surface area contributed by atoms with Crippen LogP contribution in [0.3, 0.4) is 0 Å². The van der Waals surface area contributed by atoms with E-state index in [0.29, 0.717) is 26.2 Å². The number of sulfonamides is 2. The Balaban J connectivity index is 1.54. The summed E-state index contributed by atoms with van der Waals surface area (Å²) in [4.78, 5) is 3.91. The summed E-state index contributed by atoms with van der Waals surface area (Å²) in [6.07, 6.45) is 5.59. The molecule has 1 N–H and O–H groups in total. The molecule has 1 atom stereocenters. The van der Waals surface area contributed by atoms with Crippen LogP contribution in [-0.2, 0) is 31.8 Å². The normalized spacial score (nSPS) is 24.8. The molecule has 2 aliphatic heterocycles. The van der Waals surface area contributed by atoms with E-state index in [1.807, 2.05) is 0 Å². The van der Waals surface area contributed by atoms with Crippen molar-refractivity contribution in [3.8, 4) is 0 Å². The number of hydrogen-bond donors (Lipinski definition) is 1. The summed E-state index contributed by atoms with van der Waals surface area (Å²) in [6, 6.07) is 0. The molecule has 0 aromatic carbocycles. The number of rotatable bonds is 5. The summed E-state index contributed by atoms with van der Waals surface area (Å²) in [5, 5.41) is 0.0471. The minimum atomic E-state index is -3.57. The number of nitrogens with one attached hydrogen (secondary N) is 1. The molecule has 1 aromatic heterocycles. The van der Waals surface area contributed by atoms with Crippen molar-refractivity contribution in [2.45, 2.75) is 23.5 Å². The molecule has 1 spiro atoms. The number of ether oxygens (including phenoxy) is 1. The molecular formula is C13H22N4O5S2. The highest BCUT2D eigenvalue weighted by molar-refractivity contribution is 7.89. The van der Waals surface area contributed by atoms with E-state index in [1.165, 1.54) is 16.8 Å². The number of hydrogen-bond acceptors (Lipinski definition) is 6. The quantitative estimate of drug-likeness (QED) is 0.714. The number of imidazole rings is 1. The molecule has 136 valence electrons. The molecule has 2 aliphatic rings. The van der Waals surface area contributed by atoms with Crippen LogP contribution >= 0.6 is 0 Å². The Morgan fingerprint density at radius 1 is 1.38 bits per heavy atom. The van der Waals surface area contributed by atoms with Crippen LogP contribution in [0, 0.1) is 5.92 Å². The average molecular weight is 378 g/mol. The first kappa shape index (κ1) is 17.8. The maximum Gasteiger partial charge on any atom is 0.262 e. The summed E-state index contributed by atoms with van der Waals surface area (Å²) < 4.78 is 58.5. The second kappa shape index (κ2) is 6.06. The van der Waals surface area contributed by atoms with Crippen molar-refractivity contribution >= 4 is 20.0 Å². The first-order valence-corrected chi connectivity index (χ1v) is 11.0. The van der Waals surface area contributed by atoms with Crippen molar-refractivity contribution in [1.82, 2.24) is 18.6 Å². The van der Waals surface area contributed by atoms with E-state index in [1.54, 1.807) is 11.6 Å². The highest BCUT2D eigenvalue weighted by Gasteiger charge is 2.51. The molecular weight excluding hydrogens is 356 g/mol. The van der Waals surface area contributed by atoms with Gasteiger partial charge in [0.1, 0.15) is 0 Å². The van der Waals surface area contributed by atoms with Gasteiger partial charge < -0.3 is 9.30 Å². The Bertz CT molecular complexity index is 801. The zero-order valence-corrected chi connectivity index (χ0v) is 15.3. The molecule has 11 heteroatoms. The van der Waals surface area contributed by atoms with Crippen LogP contribution in [0.5, 0.6) is 0 Å². The van der Waals surface area contributed by atoms with Crippen molar-refractivity contribution in [3.05, 3.63) is 12.5 Å². The van der Waals surface area contributed by atoms with Crippen molar-refractivity contribution < 1.29 is 21.6 Å². The third-order valence-corrected chi connectivity index (χ3v) is 6.85. The van der Waals surface area contributed by atoms with Gasteiger partial charge >= 0.3 is 0 Å². The van der Waals surface area contributed by atoms with Gasteiger partial charge in [-0.1, -0.05) is 0 Å². The zero-order chi connectivity index (χ0) is 17.6. The topological polar surface area (TPSA) is 111 Å². The van der Waals surface area contributed by atoms with E-state index >= 15 is 0 Å². The van der Waals surface area contributed by atoms with Crippen LogP contribution in [0.25, 0.3) is 0 Å². The maximum atomic E-state index is 12.4. The minimum Gasteiger partial charge on any atom is -0.372 e. The van der Waals surface area contributed by atoms with Crippen molar-refractivity contribution in [1.29, 1.82) is 0 Å². The van der Waals surface area contributed by atoms with E-state index in [-0.39, 0.29) is 10.9 Å². The Labute approximate surface area is 142 Å². The Morgan fingerprint density at radius 3 is 2.58 bits per heavy atom. The second-order valence-corrected chi connectivity index (χ2v) is 10.4. The molecule has 2 saturated heterocycles. The van der Waals surface area contributed by atoms with E-state index in [4.69, 9.17) is 4.74 Å². The fraction of sp³-hybridized carbons (Fsp3) is 0.769. The first-order chi connectivity index (χ1) is 11.1. The third-order valence-electron chi connectivity index (χ3n) is 4.48. The maximum absolute atomic E-state index is 12.4. The number of aromatic nitrogens is 2. The lowest BCUT2D eigenvalue weighted by atomic mass is 9.84. The Kier molecular flexibility index (Phi) is 4.49. The van der Waals surface area contributed by atoms with E-state index in [9.17, 15) is 16.8 Å². The summed E-state index contributed by atoms with van der Waals surface area (Å²) in [5.41, 5.74) is -0.441. The SMILES string of the molecule is Cn1cnc(S(=O)(=O)N2CC3(CC[C@H](CNS(C)(=O)=O)CO3)C2)c1. The highest BCUT2D eigenvalue weighted by atomic mass is 32.2. The van der Waals surface area contributed by atoms with Gasteiger partial charge in [0, 0.05) is 32.9 Å². The number of nitrogens with zero attached hydrogens (tertiary/aromatic N) is 3. The van der Waals surface area contributed by atoms with E-state index in [0.717, 1.165) is 19.1 Å². The van der Waals surface area contributed by atoms with Gasteiger partial charge in [0.05, 0.1) is 24.8 Å². The van der Waals surface area contributed by atoms with Gasteiger partial charge in [-0.05, 0) is 18.8 Å². The minimum absolute atomic E-state index is 0.0471. The smallest absolute Gasteiger partial charge is 0.262 e. The Hall–Kier alpha value is -1.01. The molecule has 0 bridgehead atoms. The van der Waals surface area contributed by atoms with Gasteiger partial charge in [0.15, 0.2) is 5.03 Å². The van der Waals surface area contributed by atoms with E-state index < -0.39 is 25.6 Å². The van der Waals surface area contributed by atoms with Gasteiger partial charge in [-0.2, -0.15) is 4.31 Å². The van der Waals surface area contributed by atoms with Gasteiger partial charge in [-0.25, -0.2) is 26.5 Å². The summed E-state index contributed by atoms with van der Waals surface area (Å²) in [6.45, 7) is 1.42. The second-order valence-electron chi connectivity index (χ2n) is 6.67. The third kappa shape index (κ3) is 3.64. The molecule has 2 fully saturated rings. The molecule has 9 nitrogen and oxygen atoms in total. The van der Waals surface area contributed by atoms with Gasteiger partial charge in [0.2, 0.25) is 10.0 Å². The van der Waals surface area contributed by atoms with Crippen LogP contribution < -0.4 is 4.72 Å². The number of aryl methyl sites for hydroxylation is 1. The van der Waals surface area contributed by atoms with Crippen molar-refractivity contribution in [2.24, 2.45) is 13.0 Å². The van der Waals surface area contributed by atoms with Crippen LogP contribution in [0.1, 0.15) is 12.8 Å². The molecule has 24 heavy (non-hydrogen) atoms. The van der Waals surface area contributed by atoms with Gasteiger partial charge in [-0.15, -0.1) is 0 Å². The molecule has 0 radical (unpaired) electrons. The fourth-order valence-electron chi connectivity index (χ4n) is 3.02. The van der Waals surface area contributed by atoms with E-state index in [2.05, 4.69) is 9.71 Å². The lowest BCUT2D eigenvalue weighted by Gasteiger charge is -2.51. The monoisotopic (exact) mass is 378 g/mol. The molecule has 1 aromatic rings. The molecule has 3 rings (SSSR count). The molecule has 0 aliphatic carbocycles. The van der Waals surface area contributed by atoms with Crippen molar-refractivity contribution in [3.63, 3.8) is 0 Å². The molecule has 0 saturated carbocycles. The largest absolute Gasteiger partial charge is 0.372 e. The van der Waals surface area contributed by atoms with Gasteiger partial charge in [-0.3, -0.25) is 0 Å². The lowest BCUT2D eigenvalue weighted by molar-refractivity contribution is -0.156. The molecule has 3 heterocycles. The van der Waals surface area contributed by atoms with Crippen LogP contribution in [0.4, 0.5) is 0 Å². The van der Waals surface area contributed by atoms with Gasteiger partial charge in [0.25, 0.3) is 10.0 Å². The van der Waals surface area contributed by atoms with Crippen LogP contribution in [0.2, 0.25) is 0 Å². The van der Waals surface area contributed by atoms with Crippen LogP contribution in [-0.4, -0.2) is 68.8 Å². The van der Waals surface area contributed by atoms with Crippen molar-refractivity contribution in [2.75, 3.05) is 32.5 Å². The first-order valence-electron chi connectivity index (χ1n) is 7.66. The van der Waals surface area contributed by atoms with Crippen LogP contribution in [0.15, 0.2) is 17.6 Å².